The summed E-state index contributed by atoms with van der Waals surface area (Å²) in [5.74, 6) is 0.0130. The summed E-state index contributed by atoms with van der Waals surface area (Å²) in [6.07, 6.45) is 4.32. The molecule has 1 aliphatic heterocycles. The minimum Gasteiger partial charge on any atom is -0.357 e. The normalized spacial score (nSPS) is 19.5. The van der Waals surface area contributed by atoms with Crippen LogP contribution in [0.25, 0.3) is 0 Å². The van der Waals surface area contributed by atoms with Crippen LogP contribution >= 0.6 is 23.2 Å². The highest BCUT2D eigenvalue weighted by molar-refractivity contribution is 6.42. The van der Waals surface area contributed by atoms with Crippen molar-refractivity contribution in [3.63, 3.8) is 0 Å². The number of Topliss-reactive ketones (excluding diaryl/α,β-unsaturated/α-hetero) is 1. The topological polar surface area (TPSA) is 49.4 Å². The molecular formula is C27H30Cl2N2O2. The van der Waals surface area contributed by atoms with Crippen LogP contribution in [0.4, 0.5) is 11.4 Å². The van der Waals surface area contributed by atoms with E-state index in [0.717, 1.165) is 36.3 Å². The van der Waals surface area contributed by atoms with Gasteiger partial charge in [-0.3, -0.25) is 14.5 Å². The number of hydrogen-bond acceptors (Lipinski definition) is 3. The molecule has 0 radical (unpaired) electrons. The first kappa shape index (κ1) is 23.8. The Morgan fingerprint density at radius 2 is 1.85 bits per heavy atom. The van der Waals surface area contributed by atoms with Gasteiger partial charge in [-0.2, -0.15) is 0 Å². The summed E-state index contributed by atoms with van der Waals surface area (Å²) < 4.78 is 0. The molecule has 0 fully saturated rings. The fraction of sp³-hybridized carbons (Fsp3) is 0.407. The monoisotopic (exact) mass is 484 g/mol. The number of para-hydroxylation sites is 2. The van der Waals surface area contributed by atoms with E-state index in [2.05, 4.69) is 26.1 Å². The number of carbonyl (C=O) groups is 2. The van der Waals surface area contributed by atoms with E-state index in [-0.39, 0.29) is 17.1 Å². The van der Waals surface area contributed by atoms with Crippen molar-refractivity contribution in [1.29, 1.82) is 0 Å². The SMILES string of the molecule is CCCCCC(=O)N1c2ccccc2NC2=C(C(=O)CC(C)(C)C2)C1c1cccc(Cl)c1Cl. The highest BCUT2D eigenvalue weighted by atomic mass is 35.5. The van der Waals surface area contributed by atoms with E-state index in [0.29, 0.717) is 40.4 Å². The summed E-state index contributed by atoms with van der Waals surface area (Å²) in [6.45, 7) is 6.31. The fourth-order valence-electron chi connectivity index (χ4n) is 4.93. The van der Waals surface area contributed by atoms with E-state index in [9.17, 15) is 9.59 Å². The molecule has 1 amide bonds. The molecule has 0 aromatic heterocycles. The van der Waals surface area contributed by atoms with Crippen LogP contribution in [0, 0.1) is 5.41 Å². The molecule has 2 aromatic rings. The number of carbonyl (C=O) groups excluding carboxylic acids is 2. The molecule has 1 atom stereocenters. The highest BCUT2D eigenvalue weighted by Gasteiger charge is 2.43. The number of benzene rings is 2. The molecule has 174 valence electrons. The van der Waals surface area contributed by atoms with Crippen LogP contribution in [0.5, 0.6) is 0 Å². The van der Waals surface area contributed by atoms with Crippen molar-refractivity contribution in [2.45, 2.75) is 65.3 Å². The fourth-order valence-corrected chi connectivity index (χ4v) is 5.35. The number of ketones is 1. The number of hydrogen-bond donors (Lipinski definition) is 1. The minimum absolute atomic E-state index is 0.0230. The number of nitrogens with zero attached hydrogens (tertiary/aromatic N) is 1. The number of fused-ring (bicyclic) bond motifs is 1. The number of amides is 1. The van der Waals surface area contributed by atoms with Crippen molar-refractivity contribution in [2.24, 2.45) is 5.41 Å². The lowest BCUT2D eigenvalue weighted by Gasteiger charge is -2.37. The van der Waals surface area contributed by atoms with Gasteiger partial charge in [-0.1, -0.05) is 81.1 Å². The molecule has 2 aromatic carbocycles. The molecule has 1 aliphatic carbocycles. The third-order valence-electron chi connectivity index (χ3n) is 6.44. The first-order valence-electron chi connectivity index (χ1n) is 11.6. The van der Waals surface area contributed by atoms with Gasteiger partial charge in [-0.25, -0.2) is 0 Å². The first-order chi connectivity index (χ1) is 15.7. The van der Waals surface area contributed by atoms with Crippen LogP contribution < -0.4 is 10.2 Å². The van der Waals surface area contributed by atoms with Crippen LogP contribution in [-0.4, -0.2) is 11.7 Å². The molecule has 0 saturated carbocycles. The Kier molecular flexibility index (Phi) is 6.88. The van der Waals surface area contributed by atoms with Crippen LogP contribution in [0.2, 0.25) is 10.0 Å². The lowest BCUT2D eigenvalue weighted by molar-refractivity contribution is -0.119. The summed E-state index contributed by atoms with van der Waals surface area (Å²) in [7, 11) is 0. The molecule has 6 heteroatoms. The number of unbranched alkanes of at least 4 members (excludes halogenated alkanes) is 2. The number of anilines is 2. The Labute approximate surface area is 206 Å². The van der Waals surface area contributed by atoms with Gasteiger partial charge in [0.15, 0.2) is 5.78 Å². The van der Waals surface area contributed by atoms with Gasteiger partial charge in [0.2, 0.25) is 5.91 Å². The number of rotatable bonds is 5. The van der Waals surface area contributed by atoms with Gasteiger partial charge in [0, 0.05) is 24.1 Å². The van der Waals surface area contributed by atoms with Gasteiger partial charge < -0.3 is 5.32 Å². The van der Waals surface area contributed by atoms with Gasteiger partial charge in [0.05, 0.1) is 27.5 Å². The van der Waals surface area contributed by atoms with E-state index in [4.69, 9.17) is 23.2 Å². The quantitative estimate of drug-likeness (QED) is 0.441. The van der Waals surface area contributed by atoms with E-state index in [1.807, 2.05) is 36.4 Å². The molecule has 4 rings (SSSR count). The minimum atomic E-state index is -0.639. The van der Waals surface area contributed by atoms with Crippen molar-refractivity contribution >= 4 is 46.3 Å². The predicted octanol–water partition coefficient (Wildman–Crippen LogP) is 7.72. The zero-order valence-electron chi connectivity index (χ0n) is 19.4. The molecule has 4 nitrogen and oxygen atoms in total. The van der Waals surface area contributed by atoms with Gasteiger partial charge in [-0.15, -0.1) is 0 Å². The van der Waals surface area contributed by atoms with Crippen molar-refractivity contribution in [1.82, 2.24) is 0 Å². The van der Waals surface area contributed by atoms with E-state index >= 15 is 0 Å². The molecule has 33 heavy (non-hydrogen) atoms. The maximum absolute atomic E-state index is 13.8. The Balaban J connectivity index is 1.97. The van der Waals surface area contributed by atoms with Crippen LogP contribution in [-0.2, 0) is 9.59 Å². The molecule has 0 spiro atoms. The van der Waals surface area contributed by atoms with Crippen molar-refractivity contribution in [2.75, 3.05) is 10.2 Å². The maximum Gasteiger partial charge on any atom is 0.227 e. The smallest absolute Gasteiger partial charge is 0.227 e. The standard InChI is InChI=1S/C27H30Cl2N2O2/c1-4-5-6-14-23(33)31-21-13-8-7-12-19(21)30-20-15-27(2,3)16-22(32)24(20)26(31)17-10-9-11-18(28)25(17)29/h7-13,26,30H,4-6,14-16H2,1-3H3. The van der Waals surface area contributed by atoms with Crippen molar-refractivity contribution in [3.8, 4) is 0 Å². The summed E-state index contributed by atoms with van der Waals surface area (Å²) in [6, 6.07) is 12.5. The van der Waals surface area contributed by atoms with Crippen LogP contribution in [0.15, 0.2) is 53.7 Å². The lowest BCUT2D eigenvalue weighted by Crippen LogP contribution is -2.39. The van der Waals surface area contributed by atoms with Crippen LogP contribution in [0.3, 0.4) is 0 Å². The Morgan fingerprint density at radius 1 is 1.09 bits per heavy atom. The Hall–Kier alpha value is -2.30. The van der Waals surface area contributed by atoms with E-state index < -0.39 is 6.04 Å². The second kappa shape index (κ2) is 9.52. The zero-order valence-corrected chi connectivity index (χ0v) is 20.9. The Bertz CT molecular complexity index is 1120. The van der Waals surface area contributed by atoms with Gasteiger partial charge in [0.25, 0.3) is 0 Å². The van der Waals surface area contributed by atoms with Gasteiger partial charge in [0.1, 0.15) is 0 Å². The van der Waals surface area contributed by atoms with Crippen LogP contribution in [0.1, 0.15) is 70.9 Å². The highest BCUT2D eigenvalue weighted by Crippen LogP contribution is 2.50. The first-order valence-corrected chi connectivity index (χ1v) is 12.4. The predicted molar refractivity (Wildman–Crippen MR) is 136 cm³/mol. The second-order valence-electron chi connectivity index (χ2n) is 9.74. The molecule has 1 N–H and O–H groups in total. The molecular weight excluding hydrogens is 455 g/mol. The lowest BCUT2D eigenvalue weighted by atomic mass is 9.73. The average Bonchev–Trinajstić information content (AvgIpc) is 2.89. The molecule has 0 saturated heterocycles. The van der Waals surface area contributed by atoms with Gasteiger partial charge in [-0.05, 0) is 42.0 Å². The number of halogens is 2. The second-order valence-corrected chi connectivity index (χ2v) is 10.5. The number of allylic oxidation sites excluding steroid dienone is 1. The molecule has 0 bridgehead atoms. The summed E-state index contributed by atoms with van der Waals surface area (Å²) >= 11 is 13.1. The largest absolute Gasteiger partial charge is 0.357 e. The molecule has 2 aliphatic rings. The Morgan fingerprint density at radius 3 is 2.61 bits per heavy atom. The summed E-state index contributed by atoms with van der Waals surface area (Å²) in [4.78, 5) is 29.2. The third-order valence-corrected chi connectivity index (χ3v) is 7.27. The summed E-state index contributed by atoms with van der Waals surface area (Å²) in [5, 5.41) is 4.30. The van der Waals surface area contributed by atoms with Gasteiger partial charge >= 0.3 is 0 Å². The zero-order chi connectivity index (χ0) is 23.8. The average molecular weight is 485 g/mol. The third kappa shape index (κ3) is 4.69. The van der Waals surface area contributed by atoms with Crippen molar-refractivity contribution < 1.29 is 9.59 Å². The molecule has 1 unspecified atom stereocenters. The number of nitrogens with one attached hydrogen (secondary N) is 1. The summed E-state index contributed by atoms with van der Waals surface area (Å²) in [5.41, 5.74) is 3.53. The van der Waals surface area contributed by atoms with E-state index in [1.54, 1.807) is 11.0 Å². The van der Waals surface area contributed by atoms with Crippen molar-refractivity contribution in [3.05, 3.63) is 69.3 Å². The van der Waals surface area contributed by atoms with E-state index in [1.165, 1.54) is 0 Å². The molecule has 1 heterocycles. The maximum atomic E-state index is 13.8.